The molecule has 16 heavy (non-hydrogen) atoms. The van der Waals surface area contributed by atoms with E-state index in [1.54, 1.807) is 24.8 Å². The van der Waals surface area contributed by atoms with Crippen molar-refractivity contribution in [2.24, 2.45) is 5.73 Å². The molecule has 0 fully saturated rings. The summed E-state index contributed by atoms with van der Waals surface area (Å²) in [7, 11) is 0. The summed E-state index contributed by atoms with van der Waals surface area (Å²) < 4.78 is 0. The van der Waals surface area contributed by atoms with Gasteiger partial charge in [-0.1, -0.05) is 6.07 Å². The molecule has 82 valence electrons. The second-order valence-corrected chi connectivity index (χ2v) is 3.64. The van der Waals surface area contributed by atoms with Crippen molar-refractivity contribution in [1.82, 2.24) is 15.0 Å². The second-order valence-electron chi connectivity index (χ2n) is 3.64. The van der Waals surface area contributed by atoms with E-state index in [9.17, 15) is 0 Å². The van der Waals surface area contributed by atoms with E-state index in [2.05, 4.69) is 21.0 Å². The topological polar surface area (TPSA) is 64.7 Å². The zero-order chi connectivity index (χ0) is 11.2. The number of pyridine rings is 1. The standard InChI is InChI=1S/C12H14N4/c13-11(12-9-15-6-7-16-12)4-3-10-2-1-5-14-8-10/h1-2,5-9,11H,3-4,13H2. The number of rotatable bonds is 4. The molecule has 1 unspecified atom stereocenters. The molecule has 2 heterocycles. The van der Waals surface area contributed by atoms with Crippen LogP contribution in [0.3, 0.4) is 0 Å². The largest absolute Gasteiger partial charge is 0.323 e. The molecule has 0 aliphatic carbocycles. The molecule has 2 rings (SSSR count). The van der Waals surface area contributed by atoms with Crippen LogP contribution in [0.1, 0.15) is 23.7 Å². The smallest absolute Gasteiger partial charge is 0.0753 e. The summed E-state index contributed by atoms with van der Waals surface area (Å²) >= 11 is 0. The molecular formula is C12H14N4. The Hall–Kier alpha value is -1.81. The lowest BCUT2D eigenvalue weighted by Crippen LogP contribution is -2.13. The lowest BCUT2D eigenvalue weighted by Gasteiger charge is -2.09. The van der Waals surface area contributed by atoms with Gasteiger partial charge in [0.1, 0.15) is 0 Å². The number of nitrogens with two attached hydrogens (primary N) is 1. The van der Waals surface area contributed by atoms with E-state index in [4.69, 9.17) is 5.73 Å². The van der Waals surface area contributed by atoms with Crippen LogP contribution in [0.4, 0.5) is 0 Å². The van der Waals surface area contributed by atoms with Gasteiger partial charge in [-0.05, 0) is 24.5 Å². The third-order valence-electron chi connectivity index (χ3n) is 2.43. The van der Waals surface area contributed by atoms with Crippen LogP contribution in [0.15, 0.2) is 43.1 Å². The van der Waals surface area contributed by atoms with Gasteiger partial charge in [0.2, 0.25) is 0 Å². The van der Waals surface area contributed by atoms with Gasteiger partial charge in [0.15, 0.2) is 0 Å². The van der Waals surface area contributed by atoms with Gasteiger partial charge in [0, 0.05) is 37.0 Å². The summed E-state index contributed by atoms with van der Waals surface area (Å²) in [5.41, 5.74) is 8.06. The van der Waals surface area contributed by atoms with Gasteiger partial charge in [-0.2, -0.15) is 0 Å². The van der Waals surface area contributed by atoms with Gasteiger partial charge >= 0.3 is 0 Å². The number of nitrogens with zero attached hydrogens (tertiary/aromatic N) is 3. The van der Waals surface area contributed by atoms with Crippen molar-refractivity contribution in [1.29, 1.82) is 0 Å². The molecule has 4 heteroatoms. The highest BCUT2D eigenvalue weighted by molar-refractivity contribution is 5.10. The van der Waals surface area contributed by atoms with Crippen molar-refractivity contribution in [3.05, 3.63) is 54.4 Å². The molecule has 0 amide bonds. The quantitative estimate of drug-likeness (QED) is 0.837. The minimum atomic E-state index is -0.0612. The average Bonchev–Trinajstić information content (AvgIpc) is 2.38. The normalized spacial score (nSPS) is 12.3. The predicted molar refractivity (Wildman–Crippen MR) is 61.5 cm³/mol. The molecule has 0 radical (unpaired) electrons. The van der Waals surface area contributed by atoms with E-state index in [-0.39, 0.29) is 6.04 Å². The second kappa shape index (κ2) is 5.32. The van der Waals surface area contributed by atoms with Crippen LogP contribution in [0.2, 0.25) is 0 Å². The van der Waals surface area contributed by atoms with Gasteiger partial charge in [0.25, 0.3) is 0 Å². The summed E-state index contributed by atoms with van der Waals surface area (Å²) in [6.45, 7) is 0. The molecule has 1 atom stereocenters. The SMILES string of the molecule is NC(CCc1cccnc1)c1cnccn1. The molecule has 0 spiro atoms. The van der Waals surface area contributed by atoms with Crippen molar-refractivity contribution in [2.45, 2.75) is 18.9 Å². The number of hydrogen-bond donors (Lipinski definition) is 1. The monoisotopic (exact) mass is 214 g/mol. The first-order valence-corrected chi connectivity index (χ1v) is 5.26. The average molecular weight is 214 g/mol. The summed E-state index contributed by atoms with van der Waals surface area (Å²) in [5.74, 6) is 0. The fraction of sp³-hybridized carbons (Fsp3) is 0.250. The Bertz CT molecular complexity index is 416. The van der Waals surface area contributed by atoms with E-state index in [1.165, 1.54) is 5.56 Å². The Labute approximate surface area is 94.6 Å². The van der Waals surface area contributed by atoms with Crippen molar-refractivity contribution < 1.29 is 0 Å². The van der Waals surface area contributed by atoms with Crippen molar-refractivity contribution in [2.75, 3.05) is 0 Å². The molecule has 0 aliphatic heterocycles. The van der Waals surface area contributed by atoms with Crippen LogP contribution in [0.25, 0.3) is 0 Å². The predicted octanol–water partition coefficient (Wildman–Crippen LogP) is 1.50. The van der Waals surface area contributed by atoms with Gasteiger partial charge in [0.05, 0.1) is 5.69 Å². The summed E-state index contributed by atoms with van der Waals surface area (Å²) in [6.07, 6.45) is 10.4. The maximum atomic E-state index is 6.02. The van der Waals surface area contributed by atoms with Crippen LogP contribution in [0.5, 0.6) is 0 Å². The highest BCUT2D eigenvalue weighted by atomic mass is 14.8. The number of aryl methyl sites for hydroxylation is 1. The van der Waals surface area contributed by atoms with E-state index in [0.29, 0.717) is 0 Å². The Balaban J connectivity index is 1.92. The number of aromatic nitrogens is 3. The zero-order valence-electron chi connectivity index (χ0n) is 8.95. The molecular weight excluding hydrogens is 200 g/mol. The highest BCUT2D eigenvalue weighted by Gasteiger charge is 2.07. The molecule has 2 aromatic heterocycles. The van der Waals surface area contributed by atoms with Crippen molar-refractivity contribution in [3.8, 4) is 0 Å². The Morgan fingerprint density at radius 3 is 2.69 bits per heavy atom. The third kappa shape index (κ3) is 2.84. The van der Waals surface area contributed by atoms with E-state index in [1.807, 2.05) is 12.3 Å². The first-order valence-electron chi connectivity index (χ1n) is 5.26. The van der Waals surface area contributed by atoms with Crippen molar-refractivity contribution in [3.63, 3.8) is 0 Å². The Morgan fingerprint density at radius 1 is 1.12 bits per heavy atom. The van der Waals surface area contributed by atoms with Gasteiger partial charge in [-0.25, -0.2) is 0 Å². The summed E-state index contributed by atoms with van der Waals surface area (Å²) in [4.78, 5) is 12.3. The molecule has 0 aromatic carbocycles. The fourth-order valence-electron chi connectivity index (χ4n) is 1.52. The zero-order valence-corrected chi connectivity index (χ0v) is 8.95. The molecule has 0 bridgehead atoms. The highest BCUT2D eigenvalue weighted by Crippen LogP contribution is 2.12. The van der Waals surface area contributed by atoms with E-state index in [0.717, 1.165) is 18.5 Å². The van der Waals surface area contributed by atoms with Crippen LogP contribution >= 0.6 is 0 Å². The van der Waals surface area contributed by atoms with Gasteiger partial charge in [-0.15, -0.1) is 0 Å². The summed E-state index contributed by atoms with van der Waals surface area (Å²) in [5, 5.41) is 0. The Morgan fingerprint density at radius 2 is 2.00 bits per heavy atom. The first kappa shape index (κ1) is 10.7. The van der Waals surface area contributed by atoms with Crippen LogP contribution < -0.4 is 5.73 Å². The lowest BCUT2D eigenvalue weighted by molar-refractivity contribution is 0.629. The molecule has 0 aliphatic rings. The van der Waals surface area contributed by atoms with Gasteiger partial charge in [-0.3, -0.25) is 15.0 Å². The van der Waals surface area contributed by atoms with Crippen LogP contribution in [-0.2, 0) is 6.42 Å². The lowest BCUT2D eigenvalue weighted by atomic mass is 10.1. The minimum Gasteiger partial charge on any atom is -0.323 e. The molecule has 4 nitrogen and oxygen atoms in total. The van der Waals surface area contributed by atoms with Gasteiger partial charge < -0.3 is 5.73 Å². The Kier molecular flexibility index (Phi) is 3.56. The maximum absolute atomic E-state index is 6.02. The maximum Gasteiger partial charge on any atom is 0.0753 e. The summed E-state index contributed by atoms with van der Waals surface area (Å²) in [6, 6.07) is 3.92. The molecule has 0 saturated heterocycles. The number of hydrogen-bond acceptors (Lipinski definition) is 4. The first-order chi connectivity index (χ1) is 7.86. The van der Waals surface area contributed by atoms with E-state index >= 15 is 0 Å². The third-order valence-corrected chi connectivity index (χ3v) is 2.43. The van der Waals surface area contributed by atoms with Crippen molar-refractivity contribution >= 4 is 0 Å². The fourth-order valence-corrected chi connectivity index (χ4v) is 1.52. The van der Waals surface area contributed by atoms with E-state index < -0.39 is 0 Å². The molecule has 2 aromatic rings. The molecule has 2 N–H and O–H groups in total. The van der Waals surface area contributed by atoms with Crippen LogP contribution in [0, 0.1) is 0 Å². The van der Waals surface area contributed by atoms with Crippen LogP contribution in [-0.4, -0.2) is 15.0 Å². The molecule has 0 saturated carbocycles. The minimum absolute atomic E-state index is 0.0612.